The summed E-state index contributed by atoms with van der Waals surface area (Å²) in [5, 5.41) is 8.90. The first-order chi connectivity index (χ1) is 11.2. The summed E-state index contributed by atoms with van der Waals surface area (Å²) in [5.74, 6) is -1.43. The van der Waals surface area contributed by atoms with Crippen molar-refractivity contribution in [3.63, 3.8) is 0 Å². The Kier molecular flexibility index (Phi) is 5.46. The zero-order valence-corrected chi connectivity index (χ0v) is 14.2. The summed E-state index contributed by atoms with van der Waals surface area (Å²) < 4.78 is 41.7. The number of rotatable bonds is 6. The van der Waals surface area contributed by atoms with Crippen LogP contribution >= 0.6 is 11.6 Å². The molecule has 0 heterocycles. The number of carboxylic acid groups (broad SMARTS) is 1. The Morgan fingerprint density at radius 2 is 1.92 bits per heavy atom. The van der Waals surface area contributed by atoms with Crippen molar-refractivity contribution in [3.05, 3.63) is 58.4 Å². The van der Waals surface area contributed by atoms with Gasteiger partial charge in [0.25, 0.3) is 0 Å². The average Bonchev–Trinajstić information content (AvgIpc) is 2.47. The highest BCUT2D eigenvalue weighted by molar-refractivity contribution is 7.90. The van der Waals surface area contributed by atoms with Crippen LogP contribution in [0.3, 0.4) is 0 Å². The van der Waals surface area contributed by atoms with Crippen LogP contribution in [0.4, 0.5) is 4.39 Å². The standard InChI is InChI=1S/C16H14ClFO5S/c1-24(21,22)13-4-2-10(14(17)8-13)6-11-7-12(18)3-5-15(11)23-9-16(19)20/h2-5,7-8H,6,9H2,1H3,(H,19,20). The van der Waals surface area contributed by atoms with Gasteiger partial charge in [-0.05, 0) is 35.9 Å². The number of hydrogen-bond acceptors (Lipinski definition) is 4. The smallest absolute Gasteiger partial charge is 0.341 e. The Bertz CT molecular complexity index is 880. The maximum Gasteiger partial charge on any atom is 0.341 e. The lowest BCUT2D eigenvalue weighted by atomic mass is 10.0. The summed E-state index contributed by atoms with van der Waals surface area (Å²) in [6.45, 7) is -0.556. The van der Waals surface area contributed by atoms with Gasteiger partial charge in [0.1, 0.15) is 11.6 Å². The van der Waals surface area contributed by atoms with E-state index in [1.807, 2.05) is 0 Å². The SMILES string of the molecule is CS(=O)(=O)c1ccc(Cc2cc(F)ccc2OCC(=O)O)c(Cl)c1. The first kappa shape index (κ1) is 18.2. The van der Waals surface area contributed by atoms with Gasteiger partial charge in [0.15, 0.2) is 16.4 Å². The van der Waals surface area contributed by atoms with Crippen LogP contribution in [0.2, 0.25) is 5.02 Å². The Hall–Kier alpha value is -2.12. The number of aliphatic carboxylic acids is 1. The topological polar surface area (TPSA) is 80.7 Å². The van der Waals surface area contributed by atoms with Crippen molar-refractivity contribution >= 4 is 27.4 Å². The van der Waals surface area contributed by atoms with E-state index >= 15 is 0 Å². The van der Waals surface area contributed by atoms with E-state index in [-0.39, 0.29) is 22.1 Å². The molecule has 0 fully saturated rings. The number of sulfone groups is 1. The van der Waals surface area contributed by atoms with Crippen molar-refractivity contribution in [1.29, 1.82) is 0 Å². The molecule has 0 bridgehead atoms. The van der Waals surface area contributed by atoms with Gasteiger partial charge >= 0.3 is 5.97 Å². The molecule has 0 saturated carbocycles. The molecule has 128 valence electrons. The Morgan fingerprint density at radius 1 is 1.21 bits per heavy atom. The second kappa shape index (κ2) is 7.19. The van der Waals surface area contributed by atoms with E-state index in [9.17, 15) is 17.6 Å². The Labute approximate surface area is 143 Å². The highest BCUT2D eigenvalue weighted by Gasteiger charge is 2.13. The van der Waals surface area contributed by atoms with Crippen molar-refractivity contribution in [1.82, 2.24) is 0 Å². The predicted octanol–water partition coefficient (Wildman–Crippen LogP) is 2.94. The maximum atomic E-state index is 13.5. The van der Waals surface area contributed by atoms with Crippen molar-refractivity contribution in [2.75, 3.05) is 12.9 Å². The highest BCUT2D eigenvalue weighted by Crippen LogP contribution is 2.28. The van der Waals surface area contributed by atoms with Crippen LogP contribution in [-0.2, 0) is 21.1 Å². The normalized spacial score (nSPS) is 11.3. The van der Waals surface area contributed by atoms with E-state index in [4.69, 9.17) is 21.4 Å². The fourth-order valence-corrected chi connectivity index (χ4v) is 3.03. The predicted molar refractivity (Wildman–Crippen MR) is 86.9 cm³/mol. The van der Waals surface area contributed by atoms with Crippen molar-refractivity contribution < 1.29 is 27.4 Å². The third kappa shape index (κ3) is 4.69. The van der Waals surface area contributed by atoms with Gasteiger partial charge in [-0.2, -0.15) is 0 Å². The fourth-order valence-electron chi connectivity index (χ4n) is 2.07. The molecule has 0 aliphatic rings. The van der Waals surface area contributed by atoms with E-state index in [0.717, 1.165) is 12.3 Å². The molecule has 2 aromatic rings. The van der Waals surface area contributed by atoms with Crippen molar-refractivity contribution in [2.24, 2.45) is 0 Å². The second-order valence-corrected chi connectivity index (χ2v) is 7.56. The number of hydrogen-bond donors (Lipinski definition) is 1. The molecule has 0 spiro atoms. The summed E-state index contributed by atoms with van der Waals surface area (Å²) in [6, 6.07) is 7.99. The zero-order chi connectivity index (χ0) is 17.9. The van der Waals surface area contributed by atoms with Crippen LogP contribution in [0.1, 0.15) is 11.1 Å². The quantitative estimate of drug-likeness (QED) is 0.843. The summed E-state index contributed by atoms with van der Waals surface area (Å²) >= 11 is 6.11. The fraction of sp³-hybridized carbons (Fsp3) is 0.188. The molecular weight excluding hydrogens is 359 g/mol. The molecule has 24 heavy (non-hydrogen) atoms. The average molecular weight is 373 g/mol. The lowest BCUT2D eigenvalue weighted by Gasteiger charge is -2.12. The molecule has 0 radical (unpaired) electrons. The molecule has 2 rings (SSSR count). The number of ether oxygens (including phenoxy) is 1. The van der Waals surface area contributed by atoms with Crippen LogP contribution in [0.25, 0.3) is 0 Å². The van der Waals surface area contributed by atoms with E-state index < -0.39 is 28.2 Å². The summed E-state index contributed by atoms with van der Waals surface area (Å²) in [5.41, 5.74) is 0.972. The van der Waals surface area contributed by atoms with Gasteiger partial charge < -0.3 is 9.84 Å². The van der Waals surface area contributed by atoms with Gasteiger partial charge in [-0.3, -0.25) is 0 Å². The van der Waals surface area contributed by atoms with Gasteiger partial charge in [0.05, 0.1) is 4.90 Å². The Morgan fingerprint density at radius 3 is 2.50 bits per heavy atom. The third-order valence-corrected chi connectivity index (χ3v) is 4.67. The van der Waals surface area contributed by atoms with Crippen molar-refractivity contribution in [3.8, 4) is 5.75 Å². The first-order valence-corrected chi connectivity index (χ1v) is 9.05. The molecule has 2 aromatic carbocycles. The number of carbonyl (C=O) groups is 1. The molecule has 0 atom stereocenters. The molecule has 0 aliphatic heterocycles. The maximum absolute atomic E-state index is 13.5. The number of benzene rings is 2. The minimum Gasteiger partial charge on any atom is -0.482 e. The van der Waals surface area contributed by atoms with E-state index in [1.165, 1.54) is 30.3 Å². The molecule has 0 aromatic heterocycles. The van der Waals surface area contributed by atoms with Crippen LogP contribution in [0.15, 0.2) is 41.3 Å². The monoisotopic (exact) mass is 372 g/mol. The van der Waals surface area contributed by atoms with Crippen molar-refractivity contribution in [2.45, 2.75) is 11.3 Å². The molecule has 0 unspecified atom stereocenters. The van der Waals surface area contributed by atoms with Crippen LogP contribution < -0.4 is 4.74 Å². The molecule has 0 saturated heterocycles. The van der Waals surface area contributed by atoms with E-state index in [0.29, 0.717) is 11.1 Å². The van der Waals surface area contributed by atoms with Gasteiger partial charge in [0.2, 0.25) is 0 Å². The molecular formula is C16H14ClFO5S. The second-order valence-electron chi connectivity index (χ2n) is 5.14. The van der Waals surface area contributed by atoms with E-state index in [2.05, 4.69) is 0 Å². The van der Waals surface area contributed by atoms with Gasteiger partial charge in [-0.25, -0.2) is 17.6 Å². The minimum absolute atomic E-state index is 0.0813. The minimum atomic E-state index is -3.38. The molecule has 0 amide bonds. The number of carboxylic acids is 1. The van der Waals surface area contributed by atoms with Crippen LogP contribution in [0, 0.1) is 5.82 Å². The molecule has 0 aliphatic carbocycles. The lowest BCUT2D eigenvalue weighted by molar-refractivity contribution is -0.139. The summed E-state index contributed by atoms with van der Waals surface area (Å²) in [4.78, 5) is 10.7. The lowest BCUT2D eigenvalue weighted by Crippen LogP contribution is -2.11. The summed E-state index contributed by atoms with van der Waals surface area (Å²) in [6.07, 6.45) is 1.23. The molecule has 1 N–H and O–H groups in total. The van der Waals surface area contributed by atoms with Gasteiger partial charge in [-0.1, -0.05) is 17.7 Å². The van der Waals surface area contributed by atoms with E-state index in [1.54, 1.807) is 0 Å². The van der Waals surface area contributed by atoms with Gasteiger partial charge in [-0.15, -0.1) is 0 Å². The number of halogens is 2. The summed E-state index contributed by atoms with van der Waals surface area (Å²) in [7, 11) is -3.38. The first-order valence-electron chi connectivity index (χ1n) is 6.78. The largest absolute Gasteiger partial charge is 0.482 e. The van der Waals surface area contributed by atoms with Gasteiger partial charge in [0, 0.05) is 23.3 Å². The van der Waals surface area contributed by atoms with Crippen LogP contribution in [0.5, 0.6) is 5.75 Å². The zero-order valence-electron chi connectivity index (χ0n) is 12.6. The highest BCUT2D eigenvalue weighted by atomic mass is 35.5. The van der Waals surface area contributed by atoms with Crippen LogP contribution in [-0.4, -0.2) is 32.4 Å². The Balaban J connectivity index is 2.33. The molecule has 8 heteroatoms. The molecule has 5 nitrogen and oxygen atoms in total. The third-order valence-electron chi connectivity index (χ3n) is 3.21.